The second-order valence-electron chi connectivity index (χ2n) is 6.67. The molecule has 1 aromatic rings. The topological polar surface area (TPSA) is 61.1 Å². The molecule has 4 nitrogen and oxygen atoms in total. The highest BCUT2D eigenvalue weighted by Gasteiger charge is 2.07. The van der Waals surface area contributed by atoms with Gasteiger partial charge in [0.15, 0.2) is 11.9 Å². The van der Waals surface area contributed by atoms with E-state index in [1.807, 2.05) is 0 Å². The molecule has 1 rings (SSSR count). The highest BCUT2D eigenvalue weighted by atomic mass is 32.2. The first-order chi connectivity index (χ1) is 11.9. The third-order valence-corrected chi connectivity index (χ3v) is 4.04. The van der Waals surface area contributed by atoms with Gasteiger partial charge in [-0.05, 0) is 12.8 Å². The van der Waals surface area contributed by atoms with Crippen molar-refractivity contribution in [2.45, 2.75) is 91.0 Å². The normalized spacial score (nSPS) is 11.0. The van der Waals surface area contributed by atoms with Gasteiger partial charge in [0.05, 0.1) is 10.1 Å². The third-order valence-electron chi connectivity index (χ3n) is 4.04. The molecule has 0 amide bonds. The zero-order valence-electron chi connectivity index (χ0n) is 16.4. The van der Waals surface area contributed by atoms with Gasteiger partial charge >= 0.3 is 0 Å². The summed E-state index contributed by atoms with van der Waals surface area (Å²) in [6.07, 6.45) is 18.0. The van der Waals surface area contributed by atoms with Crippen LogP contribution in [0.1, 0.15) is 83.7 Å². The van der Waals surface area contributed by atoms with Crippen LogP contribution in [0.25, 0.3) is 0 Å². The number of aryl methyl sites for hydroxylation is 2. The quantitative estimate of drug-likeness (QED) is 0.306. The van der Waals surface area contributed by atoms with Crippen molar-refractivity contribution in [1.82, 2.24) is 0 Å². The molecule has 0 atom stereocenters. The summed E-state index contributed by atoms with van der Waals surface area (Å²) in [5.74, 6) is 0. The smallest absolute Gasteiger partial charge is 0.181 e. The Bertz CT molecular complexity index is 521. The number of rotatable bonds is 12. The molecule has 0 aromatic carbocycles. The van der Waals surface area contributed by atoms with Crippen molar-refractivity contribution in [3.63, 3.8) is 0 Å². The van der Waals surface area contributed by atoms with E-state index in [1.165, 1.54) is 82.9 Å². The van der Waals surface area contributed by atoms with Gasteiger partial charge in [-0.2, -0.15) is 0 Å². The Morgan fingerprint density at radius 3 is 1.92 bits per heavy atom. The fraction of sp³-hybridized carbons (Fsp3) is 0.750. The van der Waals surface area contributed by atoms with Crippen molar-refractivity contribution in [1.29, 1.82) is 0 Å². The second kappa shape index (κ2) is 15.3. The van der Waals surface area contributed by atoms with Gasteiger partial charge in [0.1, 0.15) is 6.54 Å². The van der Waals surface area contributed by atoms with Gasteiger partial charge in [0.25, 0.3) is 0 Å². The number of unbranched alkanes of at least 4 members (excludes halogenated alkanes) is 8. The van der Waals surface area contributed by atoms with E-state index < -0.39 is 10.1 Å². The van der Waals surface area contributed by atoms with Crippen molar-refractivity contribution in [2.75, 3.05) is 6.26 Å². The van der Waals surface area contributed by atoms with Crippen LogP contribution in [0.2, 0.25) is 0 Å². The Morgan fingerprint density at radius 1 is 0.880 bits per heavy atom. The summed E-state index contributed by atoms with van der Waals surface area (Å²) < 4.78 is 29.7. The first-order valence-electron chi connectivity index (χ1n) is 9.76. The summed E-state index contributed by atoms with van der Waals surface area (Å²) in [4.78, 5) is 0. The molecule has 0 aliphatic heterocycles. The van der Waals surface area contributed by atoms with Crippen LogP contribution in [0.3, 0.4) is 0 Å². The monoisotopic (exact) mass is 371 g/mol. The van der Waals surface area contributed by atoms with Crippen molar-refractivity contribution in [3.05, 3.63) is 30.1 Å². The lowest BCUT2D eigenvalue weighted by atomic mass is 10.1. The average molecular weight is 372 g/mol. The minimum atomic E-state index is -3.92. The van der Waals surface area contributed by atoms with Crippen molar-refractivity contribution >= 4 is 10.1 Å². The van der Waals surface area contributed by atoms with Crippen LogP contribution in [0.15, 0.2) is 24.4 Å². The van der Waals surface area contributed by atoms with Gasteiger partial charge in [-0.15, -0.1) is 0 Å². The summed E-state index contributed by atoms with van der Waals surface area (Å²) in [5, 5.41) is 0. The van der Waals surface area contributed by atoms with E-state index in [4.69, 9.17) is 13.0 Å². The molecule has 0 fully saturated rings. The van der Waals surface area contributed by atoms with E-state index in [-0.39, 0.29) is 0 Å². The molecule has 0 aliphatic rings. The lowest BCUT2D eigenvalue weighted by Crippen LogP contribution is -2.37. The summed E-state index contributed by atoms with van der Waals surface area (Å²) >= 11 is 0. The maximum Gasteiger partial charge on any atom is 0.181 e. The molecule has 146 valence electrons. The van der Waals surface area contributed by atoms with Gasteiger partial charge < -0.3 is 4.55 Å². The number of pyridine rings is 1. The minimum absolute atomic E-state index is 0.604. The summed E-state index contributed by atoms with van der Waals surface area (Å²) in [6, 6.07) is 6.60. The first-order valence-corrected chi connectivity index (χ1v) is 11.6. The second-order valence-corrected chi connectivity index (χ2v) is 8.08. The number of aromatic nitrogens is 1. The summed E-state index contributed by atoms with van der Waals surface area (Å²) in [7, 11) is -3.92. The van der Waals surface area contributed by atoms with Crippen LogP contribution in [0, 0.1) is 0 Å². The van der Waals surface area contributed by atoms with Crippen LogP contribution in [0.5, 0.6) is 0 Å². The number of nitrogens with zero attached hydrogens (tertiary/aromatic N) is 1. The van der Waals surface area contributed by atoms with E-state index in [1.54, 1.807) is 0 Å². The van der Waals surface area contributed by atoms with Crippen LogP contribution in [-0.4, -0.2) is 19.2 Å². The molecule has 0 spiro atoms. The molecular weight excluding hydrogens is 334 g/mol. The molecule has 0 radical (unpaired) electrons. The Hall–Kier alpha value is -0.940. The molecule has 0 unspecified atom stereocenters. The van der Waals surface area contributed by atoms with Crippen LogP contribution in [0.4, 0.5) is 0 Å². The standard InChI is InChI=1S/C19H34N.CH4O3S/c1-3-5-6-7-8-9-10-11-13-17-20-18-14-12-16-19(20)15-4-2;1-5(2,3)4/h12,14,16,18H,3-11,13,15,17H2,1-2H3;1H3,(H,2,3,4)/q+1;/p-1. The van der Waals surface area contributed by atoms with E-state index >= 15 is 0 Å². The van der Waals surface area contributed by atoms with Crippen molar-refractivity contribution in [3.8, 4) is 0 Å². The Balaban J connectivity index is 0.00000101. The lowest BCUT2D eigenvalue weighted by molar-refractivity contribution is -0.704. The van der Waals surface area contributed by atoms with Crippen molar-refractivity contribution < 1.29 is 17.5 Å². The first kappa shape index (κ1) is 24.1. The highest BCUT2D eigenvalue weighted by molar-refractivity contribution is 7.84. The highest BCUT2D eigenvalue weighted by Crippen LogP contribution is 2.09. The molecule has 1 aromatic heterocycles. The molecule has 0 saturated carbocycles. The van der Waals surface area contributed by atoms with Crippen LogP contribution in [-0.2, 0) is 23.1 Å². The fourth-order valence-electron chi connectivity index (χ4n) is 2.81. The van der Waals surface area contributed by atoms with E-state index in [9.17, 15) is 0 Å². The Labute approximate surface area is 155 Å². The van der Waals surface area contributed by atoms with Crippen LogP contribution >= 0.6 is 0 Å². The predicted octanol–water partition coefficient (Wildman–Crippen LogP) is 4.62. The minimum Gasteiger partial charge on any atom is -0.748 e. The molecule has 1 heterocycles. The van der Waals surface area contributed by atoms with Gasteiger partial charge in [0.2, 0.25) is 0 Å². The SMILES string of the molecule is CCCCCCCCCCC[n+]1ccccc1CCC.CS(=O)(=O)[O-]. The van der Waals surface area contributed by atoms with Gasteiger partial charge in [-0.1, -0.05) is 64.9 Å². The molecule has 25 heavy (non-hydrogen) atoms. The lowest BCUT2D eigenvalue weighted by Gasteiger charge is -2.03. The largest absolute Gasteiger partial charge is 0.748 e. The van der Waals surface area contributed by atoms with E-state index in [2.05, 4.69) is 42.8 Å². The summed E-state index contributed by atoms with van der Waals surface area (Å²) in [6.45, 7) is 5.75. The molecule has 0 aliphatic carbocycles. The molecule has 0 N–H and O–H groups in total. The van der Waals surface area contributed by atoms with Crippen molar-refractivity contribution in [2.24, 2.45) is 0 Å². The number of hydrogen-bond donors (Lipinski definition) is 0. The van der Waals surface area contributed by atoms with Gasteiger partial charge in [-0.25, -0.2) is 13.0 Å². The third kappa shape index (κ3) is 17.7. The van der Waals surface area contributed by atoms with E-state index in [0.717, 1.165) is 0 Å². The Morgan fingerprint density at radius 2 is 1.40 bits per heavy atom. The fourth-order valence-corrected chi connectivity index (χ4v) is 2.81. The summed E-state index contributed by atoms with van der Waals surface area (Å²) in [5.41, 5.74) is 1.49. The predicted molar refractivity (Wildman–Crippen MR) is 103 cm³/mol. The van der Waals surface area contributed by atoms with E-state index in [0.29, 0.717) is 6.26 Å². The molecule has 0 bridgehead atoms. The van der Waals surface area contributed by atoms with Gasteiger partial charge in [0, 0.05) is 31.2 Å². The maximum atomic E-state index is 9.08. The molecular formula is C20H37NO3S. The Kier molecular flexibility index (Phi) is 14.7. The molecule has 0 saturated heterocycles. The van der Waals surface area contributed by atoms with Gasteiger partial charge in [-0.3, -0.25) is 0 Å². The van der Waals surface area contributed by atoms with Crippen LogP contribution < -0.4 is 4.57 Å². The number of hydrogen-bond acceptors (Lipinski definition) is 3. The zero-order valence-corrected chi connectivity index (χ0v) is 17.2. The molecule has 5 heteroatoms. The maximum absolute atomic E-state index is 9.08. The average Bonchev–Trinajstić information content (AvgIpc) is 2.53. The zero-order chi connectivity index (χ0) is 19.0.